The van der Waals surface area contributed by atoms with Gasteiger partial charge in [0.05, 0.1) is 12.2 Å². The third-order valence-electron chi connectivity index (χ3n) is 2.32. The Morgan fingerprint density at radius 3 is 2.61 bits per heavy atom. The van der Waals surface area contributed by atoms with E-state index in [1.54, 1.807) is 6.92 Å². The van der Waals surface area contributed by atoms with Gasteiger partial charge in [-0.15, -0.1) is 0 Å². The van der Waals surface area contributed by atoms with Crippen LogP contribution in [0.4, 0.5) is 24.5 Å². The number of hydrogen-bond donors (Lipinski definition) is 2. The second kappa shape index (κ2) is 5.95. The number of halogens is 3. The van der Waals surface area contributed by atoms with E-state index in [0.717, 1.165) is 6.07 Å². The summed E-state index contributed by atoms with van der Waals surface area (Å²) in [6, 6.07) is 3.48. The first-order valence-corrected chi connectivity index (χ1v) is 5.65. The number of nitrogens with two attached hydrogens (primary N) is 1. The Kier molecular flexibility index (Phi) is 4.84. The molecule has 102 valence electrons. The van der Waals surface area contributed by atoms with Crippen molar-refractivity contribution < 1.29 is 17.9 Å². The fraction of sp³-hybridized carbons (Fsp3) is 0.500. The van der Waals surface area contributed by atoms with Crippen molar-refractivity contribution in [3.63, 3.8) is 0 Å². The number of alkyl halides is 3. The number of nitrogen functional groups attached to an aromatic ring is 1. The lowest BCUT2D eigenvalue weighted by atomic mass is 10.1. The molecule has 0 aliphatic rings. The van der Waals surface area contributed by atoms with Gasteiger partial charge in [-0.3, -0.25) is 0 Å². The van der Waals surface area contributed by atoms with Gasteiger partial charge in [-0.2, -0.15) is 13.2 Å². The van der Waals surface area contributed by atoms with Crippen molar-refractivity contribution in [2.24, 2.45) is 0 Å². The van der Waals surface area contributed by atoms with E-state index in [-0.39, 0.29) is 17.4 Å². The van der Waals surface area contributed by atoms with Gasteiger partial charge in [-0.05, 0) is 32.0 Å². The summed E-state index contributed by atoms with van der Waals surface area (Å²) >= 11 is 0. The molecule has 0 aliphatic heterocycles. The van der Waals surface area contributed by atoms with Crippen molar-refractivity contribution in [2.75, 3.05) is 24.3 Å². The molecule has 0 amide bonds. The number of anilines is 2. The molecule has 0 aliphatic carbocycles. The number of rotatable bonds is 5. The molecule has 0 saturated carbocycles. The van der Waals surface area contributed by atoms with Crippen LogP contribution < -0.4 is 11.1 Å². The van der Waals surface area contributed by atoms with E-state index in [9.17, 15) is 13.2 Å². The molecule has 0 spiro atoms. The third kappa shape index (κ3) is 4.10. The Labute approximate surface area is 104 Å². The molecule has 0 fully saturated rings. The first-order valence-electron chi connectivity index (χ1n) is 5.65. The maximum absolute atomic E-state index is 12.8. The number of nitrogens with one attached hydrogen (secondary N) is 1. The molecule has 0 aromatic heterocycles. The summed E-state index contributed by atoms with van der Waals surface area (Å²) < 4.78 is 43.6. The summed E-state index contributed by atoms with van der Waals surface area (Å²) in [6.45, 7) is 4.46. The van der Waals surface area contributed by atoms with Crippen molar-refractivity contribution in [1.82, 2.24) is 0 Å². The molecule has 1 unspecified atom stereocenters. The zero-order chi connectivity index (χ0) is 13.8. The first-order chi connectivity index (χ1) is 8.34. The molecular weight excluding hydrogens is 245 g/mol. The van der Waals surface area contributed by atoms with Gasteiger partial charge >= 0.3 is 6.18 Å². The predicted molar refractivity (Wildman–Crippen MR) is 65.4 cm³/mol. The van der Waals surface area contributed by atoms with Crippen LogP contribution in [0.3, 0.4) is 0 Å². The normalized spacial score (nSPS) is 13.4. The standard InChI is InChI=1S/C12H17F3N2O/c1-3-18-7-8(2)17-11-5-4-9(16)6-10(11)12(13,14)15/h4-6,8,17H,3,7,16H2,1-2H3. The summed E-state index contributed by atoms with van der Waals surface area (Å²) in [5, 5.41) is 2.78. The SMILES string of the molecule is CCOCC(C)Nc1ccc(N)cc1C(F)(F)F. The lowest BCUT2D eigenvalue weighted by molar-refractivity contribution is -0.136. The quantitative estimate of drug-likeness (QED) is 0.801. The number of ether oxygens (including phenoxy) is 1. The lowest BCUT2D eigenvalue weighted by Crippen LogP contribution is -2.23. The summed E-state index contributed by atoms with van der Waals surface area (Å²) in [5.74, 6) is 0. The van der Waals surface area contributed by atoms with Crippen LogP contribution in [0, 0.1) is 0 Å². The topological polar surface area (TPSA) is 47.3 Å². The highest BCUT2D eigenvalue weighted by Crippen LogP contribution is 2.36. The summed E-state index contributed by atoms with van der Waals surface area (Å²) in [6.07, 6.45) is -4.43. The van der Waals surface area contributed by atoms with Crippen LogP contribution >= 0.6 is 0 Å². The van der Waals surface area contributed by atoms with Gasteiger partial charge in [0.2, 0.25) is 0 Å². The minimum atomic E-state index is -4.43. The average molecular weight is 262 g/mol. The molecule has 3 nitrogen and oxygen atoms in total. The highest BCUT2D eigenvalue weighted by Gasteiger charge is 2.33. The van der Waals surface area contributed by atoms with E-state index in [4.69, 9.17) is 10.5 Å². The van der Waals surface area contributed by atoms with Crippen molar-refractivity contribution in [2.45, 2.75) is 26.1 Å². The van der Waals surface area contributed by atoms with Crippen LogP contribution in [0.1, 0.15) is 19.4 Å². The van der Waals surface area contributed by atoms with E-state index in [1.807, 2.05) is 6.92 Å². The molecule has 0 radical (unpaired) electrons. The van der Waals surface area contributed by atoms with E-state index in [0.29, 0.717) is 13.2 Å². The zero-order valence-electron chi connectivity index (χ0n) is 10.3. The van der Waals surface area contributed by atoms with E-state index < -0.39 is 11.7 Å². The Hall–Kier alpha value is -1.43. The van der Waals surface area contributed by atoms with Crippen LogP contribution in [0.5, 0.6) is 0 Å². The molecule has 0 bridgehead atoms. The van der Waals surface area contributed by atoms with Crippen molar-refractivity contribution >= 4 is 11.4 Å². The first kappa shape index (κ1) is 14.6. The third-order valence-corrected chi connectivity index (χ3v) is 2.32. The molecule has 18 heavy (non-hydrogen) atoms. The Balaban J connectivity index is 2.88. The van der Waals surface area contributed by atoms with Crippen LogP contribution in [0.15, 0.2) is 18.2 Å². The molecule has 6 heteroatoms. The van der Waals surface area contributed by atoms with Gasteiger partial charge in [0.15, 0.2) is 0 Å². The fourth-order valence-electron chi connectivity index (χ4n) is 1.52. The van der Waals surface area contributed by atoms with E-state index in [2.05, 4.69) is 5.32 Å². The molecule has 1 aromatic carbocycles. The second-order valence-electron chi connectivity index (χ2n) is 4.01. The Bertz CT molecular complexity index is 393. The van der Waals surface area contributed by atoms with Crippen molar-refractivity contribution in [3.05, 3.63) is 23.8 Å². The van der Waals surface area contributed by atoms with Crippen molar-refractivity contribution in [3.8, 4) is 0 Å². The lowest BCUT2D eigenvalue weighted by Gasteiger charge is -2.19. The van der Waals surface area contributed by atoms with Gasteiger partial charge < -0.3 is 15.8 Å². The molecule has 1 atom stereocenters. The maximum Gasteiger partial charge on any atom is 0.418 e. The Morgan fingerprint density at radius 1 is 1.39 bits per heavy atom. The minimum Gasteiger partial charge on any atom is -0.399 e. The summed E-state index contributed by atoms with van der Waals surface area (Å²) in [4.78, 5) is 0. The molecule has 3 N–H and O–H groups in total. The monoisotopic (exact) mass is 262 g/mol. The minimum absolute atomic E-state index is 0.0175. The number of hydrogen-bond acceptors (Lipinski definition) is 3. The molecule has 0 heterocycles. The van der Waals surface area contributed by atoms with Gasteiger partial charge in [0, 0.05) is 24.0 Å². The van der Waals surface area contributed by atoms with Crippen LogP contribution in [0.2, 0.25) is 0 Å². The van der Waals surface area contributed by atoms with Crippen LogP contribution in [0.25, 0.3) is 0 Å². The molecular formula is C12H17F3N2O. The van der Waals surface area contributed by atoms with Crippen LogP contribution in [-0.4, -0.2) is 19.3 Å². The van der Waals surface area contributed by atoms with E-state index in [1.165, 1.54) is 12.1 Å². The zero-order valence-corrected chi connectivity index (χ0v) is 10.3. The highest BCUT2D eigenvalue weighted by molar-refractivity contribution is 5.59. The summed E-state index contributed by atoms with van der Waals surface area (Å²) in [5.41, 5.74) is 4.73. The predicted octanol–water partition coefficient (Wildman–Crippen LogP) is 3.12. The Morgan fingerprint density at radius 2 is 2.06 bits per heavy atom. The average Bonchev–Trinajstić information content (AvgIpc) is 2.27. The highest BCUT2D eigenvalue weighted by atomic mass is 19.4. The van der Waals surface area contributed by atoms with Crippen molar-refractivity contribution in [1.29, 1.82) is 0 Å². The fourth-order valence-corrected chi connectivity index (χ4v) is 1.52. The van der Waals surface area contributed by atoms with E-state index >= 15 is 0 Å². The molecule has 0 saturated heterocycles. The number of benzene rings is 1. The maximum atomic E-state index is 12.8. The van der Waals surface area contributed by atoms with Gasteiger partial charge in [-0.25, -0.2) is 0 Å². The second-order valence-corrected chi connectivity index (χ2v) is 4.01. The van der Waals surface area contributed by atoms with Gasteiger partial charge in [0.1, 0.15) is 0 Å². The van der Waals surface area contributed by atoms with Gasteiger partial charge in [-0.1, -0.05) is 0 Å². The smallest absolute Gasteiger partial charge is 0.399 e. The molecule has 1 aromatic rings. The molecule has 1 rings (SSSR count). The summed E-state index contributed by atoms with van der Waals surface area (Å²) in [7, 11) is 0. The van der Waals surface area contributed by atoms with Gasteiger partial charge in [0.25, 0.3) is 0 Å². The van der Waals surface area contributed by atoms with Crippen LogP contribution in [-0.2, 0) is 10.9 Å². The largest absolute Gasteiger partial charge is 0.418 e.